The minimum Gasteiger partial charge on any atom is -0.503 e. The van der Waals surface area contributed by atoms with Gasteiger partial charge < -0.3 is 9.84 Å². The maximum atomic E-state index is 12.8. The van der Waals surface area contributed by atoms with E-state index in [2.05, 4.69) is 5.10 Å². The molecular formula is C18H16ClN3O5S. The zero-order valence-corrected chi connectivity index (χ0v) is 16.5. The molecule has 2 aromatic carbocycles. The number of halogens is 1. The van der Waals surface area contributed by atoms with E-state index in [1.165, 1.54) is 37.4 Å². The summed E-state index contributed by atoms with van der Waals surface area (Å²) in [5, 5.41) is 20.4. The third kappa shape index (κ3) is 3.72. The first-order valence-electron chi connectivity index (χ1n) is 7.93. The number of anilines is 1. The van der Waals surface area contributed by atoms with Crippen LogP contribution in [0.1, 0.15) is 12.5 Å². The molecule has 8 nitrogen and oxygen atoms in total. The summed E-state index contributed by atoms with van der Waals surface area (Å²) in [6.07, 6.45) is 1.58. The molecule has 10 heteroatoms. The van der Waals surface area contributed by atoms with E-state index in [4.69, 9.17) is 21.5 Å². The Balaban J connectivity index is 1.95. The van der Waals surface area contributed by atoms with Crippen molar-refractivity contribution < 1.29 is 23.1 Å². The first kappa shape index (κ1) is 19.9. The topological polar surface area (TPSA) is 122 Å². The average Bonchev–Trinajstić information content (AvgIpc) is 2.92. The lowest BCUT2D eigenvalue weighted by atomic mass is 10.1. The number of methoxy groups -OCH3 is 1. The fourth-order valence-corrected chi connectivity index (χ4v) is 3.37. The van der Waals surface area contributed by atoms with Gasteiger partial charge in [0, 0.05) is 0 Å². The number of amides is 1. The molecule has 0 aromatic heterocycles. The van der Waals surface area contributed by atoms with Crippen LogP contribution in [0, 0.1) is 0 Å². The summed E-state index contributed by atoms with van der Waals surface area (Å²) in [5.41, 5.74) is 1.72. The van der Waals surface area contributed by atoms with Crippen LogP contribution in [0.25, 0.3) is 6.08 Å². The Bertz CT molecular complexity index is 1120. The van der Waals surface area contributed by atoms with Crippen LogP contribution < -0.4 is 14.9 Å². The first-order chi connectivity index (χ1) is 13.1. The van der Waals surface area contributed by atoms with Gasteiger partial charge in [0.25, 0.3) is 5.91 Å². The minimum atomic E-state index is -3.83. The van der Waals surface area contributed by atoms with Gasteiger partial charge in [-0.05, 0) is 55.0 Å². The fraction of sp³-hybridized carbons (Fsp3) is 0.111. The predicted octanol–water partition coefficient (Wildman–Crippen LogP) is 2.51. The van der Waals surface area contributed by atoms with Crippen LogP contribution in [0.4, 0.5) is 5.69 Å². The number of carbonyl (C=O) groups is 1. The van der Waals surface area contributed by atoms with E-state index >= 15 is 0 Å². The molecule has 146 valence electrons. The van der Waals surface area contributed by atoms with Gasteiger partial charge >= 0.3 is 0 Å². The van der Waals surface area contributed by atoms with Gasteiger partial charge in [-0.15, -0.1) is 0 Å². The predicted molar refractivity (Wildman–Crippen MR) is 106 cm³/mol. The van der Waals surface area contributed by atoms with Crippen molar-refractivity contribution in [2.24, 2.45) is 10.2 Å². The SMILES string of the molecule is COc1cc(/C=C2\C(=O)N(c3ccc(S(N)(=O)=O)cc3)N=C2C)cc(Cl)c1O. The van der Waals surface area contributed by atoms with Gasteiger partial charge in [-0.2, -0.15) is 10.1 Å². The number of nitrogens with two attached hydrogens (primary N) is 1. The second-order valence-corrected chi connectivity index (χ2v) is 7.92. The minimum absolute atomic E-state index is 0.0646. The molecule has 0 radical (unpaired) electrons. The number of nitrogens with zero attached hydrogens (tertiary/aromatic N) is 2. The van der Waals surface area contributed by atoms with Crippen molar-refractivity contribution in [2.75, 3.05) is 12.1 Å². The number of hydrogen-bond donors (Lipinski definition) is 2. The number of sulfonamides is 1. The molecule has 28 heavy (non-hydrogen) atoms. The molecule has 0 fully saturated rings. The maximum Gasteiger partial charge on any atom is 0.280 e. The van der Waals surface area contributed by atoms with Gasteiger partial charge in [0.05, 0.1) is 34.0 Å². The third-order valence-electron chi connectivity index (χ3n) is 4.05. The number of ether oxygens (including phenoxy) is 1. The van der Waals surface area contributed by atoms with Gasteiger partial charge in [0.15, 0.2) is 11.5 Å². The fourth-order valence-electron chi connectivity index (χ4n) is 2.64. The molecule has 3 N–H and O–H groups in total. The van der Waals surface area contributed by atoms with E-state index < -0.39 is 15.9 Å². The zero-order valence-electron chi connectivity index (χ0n) is 14.9. The summed E-state index contributed by atoms with van der Waals surface area (Å²) >= 11 is 5.99. The van der Waals surface area contributed by atoms with Crippen molar-refractivity contribution in [1.29, 1.82) is 0 Å². The molecule has 0 aliphatic carbocycles. The molecule has 0 saturated carbocycles. The van der Waals surface area contributed by atoms with Crippen molar-refractivity contribution in [3.63, 3.8) is 0 Å². The largest absolute Gasteiger partial charge is 0.503 e. The summed E-state index contributed by atoms with van der Waals surface area (Å²) in [7, 11) is -2.44. The second-order valence-electron chi connectivity index (χ2n) is 5.95. The summed E-state index contributed by atoms with van der Waals surface area (Å²) in [4.78, 5) is 12.7. The molecule has 3 rings (SSSR count). The molecule has 0 atom stereocenters. The lowest BCUT2D eigenvalue weighted by Crippen LogP contribution is -2.21. The molecular weight excluding hydrogens is 406 g/mol. The van der Waals surface area contributed by atoms with E-state index in [-0.39, 0.29) is 21.4 Å². The lowest BCUT2D eigenvalue weighted by molar-refractivity contribution is -0.114. The van der Waals surface area contributed by atoms with E-state index in [0.717, 1.165) is 5.01 Å². The number of phenols is 1. The summed E-state index contributed by atoms with van der Waals surface area (Å²) < 4.78 is 27.8. The Kier molecular flexibility index (Phi) is 5.16. The van der Waals surface area contributed by atoms with Crippen LogP contribution in [-0.4, -0.2) is 32.3 Å². The van der Waals surface area contributed by atoms with Crippen LogP contribution in [0.15, 0.2) is 52.0 Å². The Labute approximate surface area is 166 Å². The van der Waals surface area contributed by atoms with E-state index in [0.29, 0.717) is 22.5 Å². The van der Waals surface area contributed by atoms with Gasteiger partial charge in [0.2, 0.25) is 10.0 Å². The quantitative estimate of drug-likeness (QED) is 0.734. The Morgan fingerprint density at radius 3 is 2.46 bits per heavy atom. The second kappa shape index (κ2) is 7.27. The van der Waals surface area contributed by atoms with Gasteiger partial charge in [-0.1, -0.05) is 11.6 Å². The highest BCUT2D eigenvalue weighted by Gasteiger charge is 2.29. The zero-order chi connectivity index (χ0) is 20.6. The lowest BCUT2D eigenvalue weighted by Gasteiger charge is -2.12. The van der Waals surface area contributed by atoms with E-state index in [1.807, 2.05) is 0 Å². The number of aromatic hydroxyl groups is 1. The number of hydrazone groups is 1. The average molecular weight is 422 g/mol. The van der Waals surface area contributed by atoms with E-state index in [1.54, 1.807) is 19.1 Å². The highest BCUT2D eigenvalue weighted by atomic mass is 35.5. The standard InChI is InChI=1S/C18H16ClN3O5S/c1-10-14(7-11-8-15(19)17(23)16(9-11)27-2)18(24)22(21-10)12-3-5-13(6-4-12)28(20,25)26/h3-9,23H,1-2H3,(H2,20,25,26)/b14-7-. The van der Waals surface area contributed by atoms with Crippen molar-refractivity contribution >= 4 is 45.0 Å². The van der Waals surface area contributed by atoms with Crippen molar-refractivity contribution in [1.82, 2.24) is 0 Å². The van der Waals surface area contributed by atoms with Gasteiger partial charge in [0.1, 0.15) is 0 Å². The number of phenolic OH excluding ortho intramolecular Hbond substituents is 1. The van der Waals surface area contributed by atoms with Crippen molar-refractivity contribution in [3.8, 4) is 11.5 Å². The monoisotopic (exact) mass is 421 g/mol. The van der Waals surface area contributed by atoms with Gasteiger partial charge in [-0.3, -0.25) is 4.79 Å². The number of carbonyl (C=O) groups excluding carboxylic acids is 1. The third-order valence-corrected chi connectivity index (χ3v) is 5.27. The first-order valence-corrected chi connectivity index (χ1v) is 9.85. The van der Waals surface area contributed by atoms with Crippen LogP contribution >= 0.6 is 11.6 Å². The normalized spacial score (nSPS) is 15.9. The van der Waals surface area contributed by atoms with Gasteiger partial charge in [-0.25, -0.2) is 13.6 Å². The summed E-state index contributed by atoms with van der Waals surface area (Å²) in [5.74, 6) is -0.412. The molecule has 1 aliphatic rings. The summed E-state index contributed by atoms with van der Waals surface area (Å²) in [6.45, 7) is 1.67. The van der Waals surface area contributed by atoms with Crippen LogP contribution in [0.2, 0.25) is 5.02 Å². The summed E-state index contributed by atoms with van der Waals surface area (Å²) in [6, 6.07) is 8.52. The molecule has 0 bridgehead atoms. The Hall–Kier alpha value is -2.88. The molecule has 2 aromatic rings. The number of primary sulfonamides is 1. The molecule has 0 spiro atoms. The Morgan fingerprint density at radius 2 is 1.89 bits per heavy atom. The number of benzene rings is 2. The van der Waals surface area contributed by atoms with Crippen LogP contribution in [0.5, 0.6) is 11.5 Å². The maximum absolute atomic E-state index is 12.8. The molecule has 1 amide bonds. The van der Waals surface area contributed by atoms with Crippen molar-refractivity contribution in [2.45, 2.75) is 11.8 Å². The molecule has 0 saturated heterocycles. The van der Waals surface area contributed by atoms with Crippen molar-refractivity contribution in [3.05, 3.63) is 52.6 Å². The van der Waals surface area contributed by atoms with E-state index in [9.17, 15) is 18.3 Å². The highest BCUT2D eigenvalue weighted by molar-refractivity contribution is 7.89. The number of rotatable bonds is 4. The molecule has 1 heterocycles. The van der Waals surface area contributed by atoms with Crippen LogP contribution in [-0.2, 0) is 14.8 Å². The number of hydrogen-bond acceptors (Lipinski definition) is 6. The molecule has 1 aliphatic heterocycles. The Morgan fingerprint density at radius 1 is 1.25 bits per heavy atom. The highest BCUT2D eigenvalue weighted by Crippen LogP contribution is 2.36. The van der Waals surface area contributed by atoms with Crippen LogP contribution in [0.3, 0.4) is 0 Å². The molecule has 0 unspecified atom stereocenters. The smallest absolute Gasteiger partial charge is 0.280 e.